The molecule has 0 spiro atoms. The van der Waals surface area contributed by atoms with Crippen LogP contribution < -0.4 is 10.5 Å². The second-order valence-corrected chi connectivity index (χ2v) is 4.75. The highest BCUT2D eigenvalue weighted by atomic mass is 16.6. The summed E-state index contributed by atoms with van der Waals surface area (Å²) < 4.78 is 5.45. The fourth-order valence-electron chi connectivity index (χ4n) is 2.25. The van der Waals surface area contributed by atoms with Crippen molar-refractivity contribution in [2.75, 3.05) is 6.61 Å². The first-order valence-corrected chi connectivity index (χ1v) is 6.37. The van der Waals surface area contributed by atoms with Gasteiger partial charge in [-0.15, -0.1) is 0 Å². The largest absolute Gasteiger partial charge is 0.473 e. The SMILES string of the molecule is NC(=NO)c1cnc(OCC2CCCC2)c([N+](=O)[O-])c1. The summed E-state index contributed by atoms with van der Waals surface area (Å²) in [5, 5.41) is 22.4. The molecule has 1 aromatic rings. The molecule has 0 amide bonds. The summed E-state index contributed by atoms with van der Waals surface area (Å²) in [7, 11) is 0. The van der Waals surface area contributed by atoms with Crippen LogP contribution in [0.5, 0.6) is 5.88 Å². The van der Waals surface area contributed by atoms with Crippen LogP contribution in [0.15, 0.2) is 17.4 Å². The van der Waals surface area contributed by atoms with Gasteiger partial charge in [0, 0.05) is 17.8 Å². The highest BCUT2D eigenvalue weighted by molar-refractivity contribution is 5.97. The van der Waals surface area contributed by atoms with E-state index in [1.165, 1.54) is 25.1 Å². The van der Waals surface area contributed by atoms with Gasteiger partial charge < -0.3 is 15.7 Å². The predicted molar refractivity (Wildman–Crippen MR) is 70.9 cm³/mol. The Morgan fingerprint density at radius 1 is 1.60 bits per heavy atom. The molecule has 8 heteroatoms. The number of amidine groups is 1. The quantitative estimate of drug-likeness (QED) is 0.278. The Hall–Kier alpha value is -2.38. The summed E-state index contributed by atoms with van der Waals surface area (Å²) in [6.45, 7) is 0.427. The first kappa shape index (κ1) is 14.0. The van der Waals surface area contributed by atoms with E-state index < -0.39 is 4.92 Å². The van der Waals surface area contributed by atoms with Crippen LogP contribution in [-0.4, -0.2) is 27.6 Å². The van der Waals surface area contributed by atoms with Crippen molar-refractivity contribution in [2.24, 2.45) is 16.8 Å². The van der Waals surface area contributed by atoms with Gasteiger partial charge in [0.2, 0.25) is 0 Å². The van der Waals surface area contributed by atoms with Crippen LogP contribution in [-0.2, 0) is 0 Å². The number of nitrogens with two attached hydrogens (primary N) is 1. The molecule has 0 saturated heterocycles. The summed E-state index contributed by atoms with van der Waals surface area (Å²) in [5.41, 5.74) is 5.27. The minimum atomic E-state index is -0.592. The maximum atomic E-state index is 11.0. The first-order valence-electron chi connectivity index (χ1n) is 6.37. The summed E-state index contributed by atoms with van der Waals surface area (Å²) in [4.78, 5) is 14.3. The van der Waals surface area contributed by atoms with E-state index in [1.54, 1.807) is 0 Å². The van der Waals surface area contributed by atoms with Gasteiger partial charge in [0.15, 0.2) is 5.84 Å². The molecule has 3 N–H and O–H groups in total. The van der Waals surface area contributed by atoms with Gasteiger partial charge in [-0.1, -0.05) is 18.0 Å². The maximum absolute atomic E-state index is 11.0. The number of ether oxygens (including phenoxy) is 1. The van der Waals surface area contributed by atoms with E-state index in [2.05, 4.69) is 10.1 Å². The molecule has 1 fully saturated rings. The molecule has 0 aliphatic heterocycles. The molecular weight excluding hydrogens is 264 g/mol. The number of nitro groups is 1. The van der Waals surface area contributed by atoms with Crippen molar-refractivity contribution in [3.8, 4) is 5.88 Å². The third-order valence-electron chi connectivity index (χ3n) is 3.36. The summed E-state index contributed by atoms with van der Waals surface area (Å²) in [6.07, 6.45) is 5.79. The Bertz CT molecular complexity index is 526. The highest BCUT2D eigenvalue weighted by Gasteiger charge is 2.22. The highest BCUT2D eigenvalue weighted by Crippen LogP contribution is 2.29. The van der Waals surface area contributed by atoms with Gasteiger partial charge in [0.1, 0.15) is 0 Å². The van der Waals surface area contributed by atoms with Crippen LogP contribution >= 0.6 is 0 Å². The average molecular weight is 280 g/mol. The van der Waals surface area contributed by atoms with Crippen molar-refractivity contribution >= 4 is 11.5 Å². The zero-order chi connectivity index (χ0) is 14.5. The fraction of sp³-hybridized carbons (Fsp3) is 0.500. The summed E-state index contributed by atoms with van der Waals surface area (Å²) in [5.74, 6) is 0.166. The lowest BCUT2D eigenvalue weighted by Gasteiger charge is -2.11. The Labute approximate surface area is 115 Å². The van der Waals surface area contributed by atoms with E-state index >= 15 is 0 Å². The summed E-state index contributed by atoms with van der Waals surface area (Å²) in [6, 6.07) is 1.19. The van der Waals surface area contributed by atoms with Crippen LogP contribution in [0, 0.1) is 16.0 Å². The van der Waals surface area contributed by atoms with Crippen LogP contribution in [0.4, 0.5) is 5.69 Å². The van der Waals surface area contributed by atoms with Gasteiger partial charge >= 0.3 is 5.69 Å². The molecule has 108 valence electrons. The Morgan fingerprint density at radius 3 is 2.90 bits per heavy atom. The lowest BCUT2D eigenvalue weighted by Crippen LogP contribution is -2.15. The molecule has 0 atom stereocenters. The Morgan fingerprint density at radius 2 is 2.30 bits per heavy atom. The van der Waals surface area contributed by atoms with Gasteiger partial charge in [0.25, 0.3) is 5.88 Å². The lowest BCUT2D eigenvalue weighted by molar-refractivity contribution is -0.386. The molecule has 2 rings (SSSR count). The molecule has 1 heterocycles. The second kappa shape index (κ2) is 6.18. The monoisotopic (exact) mass is 280 g/mol. The molecule has 1 aliphatic carbocycles. The molecule has 1 aromatic heterocycles. The van der Waals surface area contributed by atoms with Gasteiger partial charge in [-0.2, -0.15) is 0 Å². The smallest absolute Gasteiger partial charge is 0.331 e. The van der Waals surface area contributed by atoms with E-state index in [4.69, 9.17) is 15.7 Å². The molecule has 1 saturated carbocycles. The topological polar surface area (TPSA) is 124 Å². The van der Waals surface area contributed by atoms with Crippen LogP contribution in [0.25, 0.3) is 0 Å². The van der Waals surface area contributed by atoms with Crippen molar-refractivity contribution in [2.45, 2.75) is 25.7 Å². The average Bonchev–Trinajstić information content (AvgIpc) is 2.97. The molecule has 0 aromatic carbocycles. The van der Waals surface area contributed by atoms with Crippen molar-refractivity contribution in [1.82, 2.24) is 4.98 Å². The van der Waals surface area contributed by atoms with Gasteiger partial charge in [-0.05, 0) is 18.8 Å². The first-order chi connectivity index (χ1) is 9.61. The minimum Gasteiger partial charge on any atom is -0.473 e. The third-order valence-corrected chi connectivity index (χ3v) is 3.36. The van der Waals surface area contributed by atoms with Crippen LogP contribution in [0.2, 0.25) is 0 Å². The number of pyridine rings is 1. The second-order valence-electron chi connectivity index (χ2n) is 4.75. The normalized spacial score (nSPS) is 16.3. The Kier molecular flexibility index (Phi) is 4.34. The molecule has 8 nitrogen and oxygen atoms in total. The van der Waals surface area contributed by atoms with E-state index in [-0.39, 0.29) is 23.0 Å². The maximum Gasteiger partial charge on any atom is 0.331 e. The number of nitrogens with zero attached hydrogens (tertiary/aromatic N) is 3. The predicted octanol–water partition coefficient (Wildman–Crippen LogP) is 1.65. The van der Waals surface area contributed by atoms with Crippen molar-refractivity contribution in [1.29, 1.82) is 0 Å². The molecule has 1 aliphatic rings. The van der Waals surface area contributed by atoms with Crippen LogP contribution in [0.3, 0.4) is 0 Å². The molecular formula is C12H16N4O4. The van der Waals surface area contributed by atoms with Crippen molar-refractivity contribution in [3.63, 3.8) is 0 Å². The van der Waals surface area contributed by atoms with Gasteiger partial charge in [0.05, 0.1) is 11.5 Å². The van der Waals surface area contributed by atoms with Gasteiger partial charge in [-0.3, -0.25) is 10.1 Å². The van der Waals surface area contributed by atoms with E-state index in [1.807, 2.05) is 0 Å². The zero-order valence-electron chi connectivity index (χ0n) is 10.9. The molecule has 0 unspecified atom stereocenters. The minimum absolute atomic E-state index is 0.0311. The Balaban J connectivity index is 2.16. The molecule has 20 heavy (non-hydrogen) atoms. The van der Waals surface area contributed by atoms with Gasteiger partial charge in [-0.25, -0.2) is 4.98 Å². The van der Waals surface area contributed by atoms with E-state index in [0.717, 1.165) is 12.8 Å². The van der Waals surface area contributed by atoms with Crippen molar-refractivity contribution in [3.05, 3.63) is 27.9 Å². The number of hydrogen-bond donors (Lipinski definition) is 2. The van der Waals surface area contributed by atoms with Crippen LogP contribution in [0.1, 0.15) is 31.2 Å². The lowest BCUT2D eigenvalue weighted by atomic mass is 10.1. The molecule has 0 radical (unpaired) electrons. The third kappa shape index (κ3) is 3.14. The number of aromatic nitrogens is 1. The van der Waals surface area contributed by atoms with E-state index in [0.29, 0.717) is 12.5 Å². The fourth-order valence-corrected chi connectivity index (χ4v) is 2.25. The number of rotatable bonds is 5. The van der Waals surface area contributed by atoms with Crippen molar-refractivity contribution < 1.29 is 14.9 Å². The number of oxime groups is 1. The molecule has 0 bridgehead atoms. The van der Waals surface area contributed by atoms with E-state index in [9.17, 15) is 10.1 Å². The number of hydrogen-bond acceptors (Lipinski definition) is 6. The summed E-state index contributed by atoms with van der Waals surface area (Å²) >= 11 is 0. The zero-order valence-corrected chi connectivity index (χ0v) is 10.9. The standard InChI is InChI=1S/C12H16N4O4/c13-11(15-17)9-5-10(16(18)19)12(14-6-9)20-7-8-3-1-2-4-8/h5-6,8,17H,1-4,7H2,(H2,13,15).